The molecule has 0 spiro atoms. The molecule has 1 aliphatic heterocycles. The molecule has 1 aliphatic rings. The number of amides is 1. The van der Waals surface area contributed by atoms with Gasteiger partial charge in [0.1, 0.15) is 5.82 Å². The third-order valence-corrected chi connectivity index (χ3v) is 4.82. The molecular formula is C19H27FN2O. The summed E-state index contributed by atoms with van der Waals surface area (Å²) in [5.74, 6) is 0.246. The summed E-state index contributed by atoms with van der Waals surface area (Å²) in [5, 5.41) is 3.16. The van der Waals surface area contributed by atoms with Crippen molar-refractivity contribution in [3.05, 3.63) is 48.3 Å². The number of benzene rings is 1. The minimum absolute atomic E-state index is 0.0218. The molecule has 2 rings (SSSR count). The second-order valence-electron chi connectivity index (χ2n) is 6.77. The Hall–Kier alpha value is -1.68. The molecule has 23 heavy (non-hydrogen) atoms. The van der Waals surface area contributed by atoms with E-state index in [9.17, 15) is 9.18 Å². The molecule has 0 aliphatic carbocycles. The highest BCUT2D eigenvalue weighted by Gasteiger charge is 2.38. The van der Waals surface area contributed by atoms with Crippen molar-refractivity contribution in [2.45, 2.75) is 45.2 Å². The predicted molar refractivity (Wildman–Crippen MR) is 91.4 cm³/mol. The maximum absolute atomic E-state index is 13.0. The topological polar surface area (TPSA) is 32.3 Å². The van der Waals surface area contributed by atoms with Crippen molar-refractivity contribution < 1.29 is 9.18 Å². The van der Waals surface area contributed by atoms with Crippen LogP contribution in [-0.4, -0.2) is 29.4 Å². The highest BCUT2D eigenvalue weighted by atomic mass is 19.1. The second-order valence-corrected chi connectivity index (χ2v) is 6.77. The van der Waals surface area contributed by atoms with Gasteiger partial charge in [0.05, 0.1) is 0 Å². The van der Waals surface area contributed by atoms with Crippen LogP contribution in [0.2, 0.25) is 0 Å². The van der Waals surface area contributed by atoms with E-state index in [-0.39, 0.29) is 17.3 Å². The van der Waals surface area contributed by atoms with Crippen LogP contribution in [0.1, 0.15) is 38.7 Å². The van der Waals surface area contributed by atoms with Crippen LogP contribution in [0.15, 0.2) is 36.9 Å². The summed E-state index contributed by atoms with van der Waals surface area (Å²) in [5.41, 5.74) is 0.928. The molecule has 1 fully saturated rings. The molecule has 1 aromatic carbocycles. The number of carbonyl (C=O) groups excluding carboxylic acids is 1. The van der Waals surface area contributed by atoms with Crippen LogP contribution in [0.5, 0.6) is 0 Å². The molecule has 1 aromatic rings. The zero-order valence-corrected chi connectivity index (χ0v) is 14.1. The summed E-state index contributed by atoms with van der Waals surface area (Å²) in [4.78, 5) is 14.0. The SMILES string of the molecule is C=CCCC(C)(NC(C)=O)C1CCN(Cc2ccc(F)cc2)C1. The van der Waals surface area contributed by atoms with E-state index in [1.807, 2.05) is 18.2 Å². The summed E-state index contributed by atoms with van der Waals surface area (Å²) >= 11 is 0. The number of carbonyl (C=O) groups is 1. The first kappa shape index (κ1) is 17.7. The lowest BCUT2D eigenvalue weighted by atomic mass is 9.81. The van der Waals surface area contributed by atoms with Crippen LogP contribution in [-0.2, 0) is 11.3 Å². The van der Waals surface area contributed by atoms with Gasteiger partial charge in [0.2, 0.25) is 5.91 Å². The van der Waals surface area contributed by atoms with Crippen molar-refractivity contribution in [2.75, 3.05) is 13.1 Å². The van der Waals surface area contributed by atoms with E-state index >= 15 is 0 Å². The predicted octanol–water partition coefficient (Wildman–Crippen LogP) is 3.51. The highest BCUT2D eigenvalue weighted by molar-refractivity contribution is 5.73. The van der Waals surface area contributed by atoms with Gasteiger partial charge in [0.15, 0.2) is 0 Å². The third kappa shape index (κ3) is 4.90. The quantitative estimate of drug-likeness (QED) is 0.780. The fraction of sp³-hybridized carbons (Fsp3) is 0.526. The van der Waals surface area contributed by atoms with Crippen LogP contribution < -0.4 is 5.32 Å². The van der Waals surface area contributed by atoms with Gasteiger partial charge in [0, 0.05) is 25.6 Å². The minimum atomic E-state index is -0.198. The highest BCUT2D eigenvalue weighted by Crippen LogP contribution is 2.32. The summed E-state index contributed by atoms with van der Waals surface area (Å²) in [6, 6.07) is 6.70. The second kappa shape index (κ2) is 7.73. The van der Waals surface area contributed by atoms with E-state index in [2.05, 4.69) is 23.7 Å². The summed E-state index contributed by atoms with van der Waals surface area (Å²) in [6.07, 6.45) is 4.77. The van der Waals surface area contributed by atoms with Gasteiger partial charge in [-0.25, -0.2) is 4.39 Å². The zero-order valence-electron chi connectivity index (χ0n) is 14.1. The molecule has 0 aromatic heterocycles. The van der Waals surface area contributed by atoms with Crippen molar-refractivity contribution in [1.82, 2.24) is 10.2 Å². The average Bonchev–Trinajstić information content (AvgIpc) is 2.96. The van der Waals surface area contributed by atoms with Crippen molar-refractivity contribution in [2.24, 2.45) is 5.92 Å². The van der Waals surface area contributed by atoms with Gasteiger partial charge in [-0.15, -0.1) is 6.58 Å². The van der Waals surface area contributed by atoms with E-state index < -0.39 is 0 Å². The van der Waals surface area contributed by atoms with Gasteiger partial charge in [-0.3, -0.25) is 9.69 Å². The number of hydrogen-bond donors (Lipinski definition) is 1. The van der Waals surface area contributed by atoms with Crippen molar-refractivity contribution in [1.29, 1.82) is 0 Å². The summed E-state index contributed by atoms with van der Waals surface area (Å²) in [7, 11) is 0. The molecule has 3 nitrogen and oxygen atoms in total. The largest absolute Gasteiger partial charge is 0.351 e. The van der Waals surface area contributed by atoms with E-state index in [4.69, 9.17) is 0 Å². The van der Waals surface area contributed by atoms with Crippen LogP contribution in [0.3, 0.4) is 0 Å². The Bertz CT molecular complexity index is 543. The van der Waals surface area contributed by atoms with Gasteiger partial charge in [-0.05, 0) is 56.3 Å². The smallest absolute Gasteiger partial charge is 0.217 e. The van der Waals surface area contributed by atoms with Crippen molar-refractivity contribution in [3.8, 4) is 0 Å². The van der Waals surface area contributed by atoms with E-state index in [1.54, 1.807) is 6.92 Å². The molecule has 0 bridgehead atoms. The van der Waals surface area contributed by atoms with Crippen molar-refractivity contribution >= 4 is 5.91 Å². The van der Waals surface area contributed by atoms with Gasteiger partial charge < -0.3 is 5.32 Å². The Morgan fingerprint density at radius 3 is 2.78 bits per heavy atom. The monoisotopic (exact) mass is 318 g/mol. The Balaban J connectivity index is 1.99. The molecule has 2 atom stereocenters. The lowest BCUT2D eigenvalue weighted by molar-refractivity contribution is -0.121. The Morgan fingerprint density at radius 2 is 2.17 bits per heavy atom. The summed E-state index contributed by atoms with van der Waals surface area (Å²) < 4.78 is 13.0. The normalized spacial score (nSPS) is 20.9. The van der Waals surface area contributed by atoms with Crippen LogP contribution in [0, 0.1) is 11.7 Å². The zero-order chi connectivity index (χ0) is 16.9. The van der Waals surface area contributed by atoms with Gasteiger partial charge in [0.25, 0.3) is 0 Å². The minimum Gasteiger partial charge on any atom is -0.351 e. The van der Waals surface area contributed by atoms with Crippen LogP contribution in [0.25, 0.3) is 0 Å². The van der Waals surface area contributed by atoms with E-state index in [1.165, 1.54) is 12.1 Å². The number of hydrogen-bond acceptors (Lipinski definition) is 2. The lowest BCUT2D eigenvalue weighted by Gasteiger charge is -2.36. The molecule has 1 heterocycles. The van der Waals surface area contributed by atoms with Gasteiger partial charge in [-0.1, -0.05) is 18.2 Å². The molecule has 126 valence electrons. The van der Waals surface area contributed by atoms with Gasteiger partial charge >= 0.3 is 0 Å². The Morgan fingerprint density at radius 1 is 1.48 bits per heavy atom. The number of likely N-dealkylation sites (tertiary alicyclic amines) is 1. The number of nitrogens with one attached hydrogen (secondary N) is 1. The molecule has 0 saturated carbocycles. The van der Waals surface area contributed by atoms with Gasteiger partial charge in [-0.2, -0.15) is 0 Å². The molecule has 1 saturated heterocycles. The van der Waals surface area contributed by atoms with Crippen LogP contribution in [0.4, 0.5) is 4.39 Å². The molecule has 2 unspecified atom stereocenters. The Kier molecular flexibility index (Phi) is 5.94. The first-order chi connectivity index (χ1) is 10.9. The number of rotatable bonds is 7. The number of nitrogens with zero attached hydrogens (tertiary/aromatic N) is 1. The fourth-order valence-electron chi connectivity index (χ4n) is 3.52. The maximum atomic E-state index is 13.0. The van der Waals surface area contributed by atoms with Crippen molar-refractivity contribution in [3.63, 3.8) is 0 Å². The van der Waals surface area contributed by atoms with E-state index in [0.29, 0.717) is 5.92 Å². The van der Waals surface area contributed by atoms with Crippen LogP contribution >= 0.6 is 0 Å². The first-order valence-electron chi connectivity index (χ1n) is 8.29. The Labute approximate surface area is 138 Å². The maximum Gasteiger partial charge on any atom is 0.217 e. The average molecular weight is 318 g/mol. The summed E-state index contributed by atoms with van der Waals surface area (Å²) in [6.45, 7) is 10.3. The standard InChI is InChI=1S/C19H27FN2O/c1-4-5-11-19(3,21-15(2)23)17-10-12-22(14-17)13-16-6-8-18(20)9-7-16/h4,6-9,17H,1,5,10-14H2,2-3H3,(H,21,23). The lowest BCUT2D eigenvalue weighted by Crippen LogP contribution is -2.51. The molecule has 4 heteroatoms. The number of allylic oxidation sites excluding steroid dienone is 1. The molecular weight excluding hydrogens is 291 g/mol. The first-order valence-corrected chi connectivity index (χ1v) is 8.29. The van der Waals surface area contributed by atoms with E-state index in [0.717, 1.165) is 44.5 Å². The fourth-order valence-corrected chi connectivity index (χ4v) is 3.52. The molecule has 0 radical (unpaired) electrons. The molecule has 1 amide bonds. The number of halogens is 1. The molecule has 1 N–H and O–H groups in total. The third-order valence-electron chi connectivity index (χ3n) is 4.82.